The second-order valence-electron chi connectivity index (χ2n) is 28.2. The fourth-order valence-electron chi connectivity index (χ4n) is 11.4. The molecule has 0 radical (unpaired) electrons. The number of esters is 4. The number of ether oxygens (including phenoxy) is 4. The summed E-state index contributed by atoms with van der Waals surface area (Å²) in [5, 5.41) is 10.6. The first kappa shape index (κ1) is 92.1. The first-order valence-electron chi connectivity index (χ1n) is 38.9. The minimum Gasteiger partial charge on any atom is -0.462 e. The average Bonchev–Trinajstić information content (AvgIpc) is 3.33. The van der Waals surface area contributed by atoms with Gasteiger partial charge in [-0.3, -0.25) is 37.3 Å². The number of aliphatic hydroxyl groups excluding tert-OH is 1. The summed E-state index contributed by atoms with van der Waals surface area (Å²) >= 11 is 0. The van der Waals surface area contributed by atoms with Crippen molar-refractivity contribution in [3.8, 4) is 0 Å². The van der Waals surface area contributed by atoms with E-state index in [9.17, 15) is 43.2 Å². The molecule has 0 rings (SSSR count). The highest BCUT2D eigenvalue weighted by atomic mass is 31.2. The quantitative estimate of drug-likeness (QED) is 0.0222. The standard InChI is InChI=1S/C75H146O17P2/c1-8-10-11-12-13-34-42-49-56-72(77)85-63-71(92-75(80)59-52-45-38-37-41-48-55-68(7)9-2)65-90-94(83,84)88-61-69(76)60-87-93(81,82)89-64-70(62-86-73(78)57-50-43-35-30-26-22-19-18-21-25-29-33-40-47-54-67(5)6)91-74(79)58-51-44-36-31-27-23-17-15-14-16-20-24-28-32-39-46-53-66(3)4/h66-71,76H,8-65H2,1-7H3,(H,81,82)(H,83,84)/t68?,69-,70-,71-/m1/s1. The van der Waals surface area contributed by atoms with E-state index >= 15 is 0 Å². The minimum atomic E-state index is -4.96. The fraction of sp³-hybridized carbons (Fsp3) is 0.947. The molecule has 0 aromatic heterocycles. The van der Waals surface area contributed by atoms with Crippen molar-refractivity contribution < 1.29 is 80.2 Å². The van der Waals surface area contributed by atoms with E-state index in [1.54, 1.807) is 0 Å². The van der Waals surface area contributed by atoms with Crippen molar-refractivity contribution in [3.05, 3.63) is 0 Å². The van der Waals surface area contributed by atoms with Gasteiger partial charge in [0, 0.05) is 25.7 Å². The largest absolute Gasteiger partial charge is 0.472 e. The molecule has 3 N–H and O–H groups in total. The number of carbonyl (C=O) groups is 4. The molecule has 0 saturated heterocycles. The van der Waals surface area contributed by atoms with Gasteiger partial charge in [0.15, 0.2) is 12.2 Å². The maximum absolute atomic E-state index is 13.1. The molecule has 0 aromatic rings. The zero-order chi connectivity index (χ0) is 69.4. The number of phosphoric acid groups is 2. The third kappa shape index (κ3) is 67.3. The molecule has 0 heterocycles. The summed E-state index contributed by atoms with van der Waals surface area (Å²) in [6.45, 7) is 11.9. The normalized spacial score (nSPS) is 14.4. The van der Waals surface area contributed by atoms with E-state index in [-0.39, 0.29) is 25.7 Å². The lowest BCUT2D eigenvalue weighted by molar-refractivity contribution is -0.161. The van der Waals surface area contributed by atoms with Gasteiger partial charge in [0.2, 0.25) is 0 Å². The van der Waals surface area contributed by atoms with Crippen LogP contribution in [-0.4, -0.2) is 96.7 Å². The third-order valence-electron chi connectivity index (χ3n) is 17.7. The molecule has 6 atom stereocenters. The van der Waals surface area contributed by atoms with Crippen molar-refractivity contribution >= 4 is 39.5 Å². The number of hydrogen-bond donors (Lipinski definition) is 3. The van der Waals surface area contributed by atoms with Crippen molar-refractivity contribution in [1.82, 2.24) is 0 Å². The number of phosphoric ester groups is 2. The van der Waals surface area contributed by atoms with E-state index < -0.39 is 97.5 Å². The fourth-order valence-corrected chi connectivity index (χ4v) is 13.0. The Labute approximate surface area is 575 Å². The molecule has 19 heteroatoms. The van der Waals surface area contributed by atoms with Crippen molar-refractivity contribution in [2.45, 2.75) is 401 Å². The average molecular weight is 1380 g/mol. The van der Waals surface area contributed by atoms with Gasteiger partial charge in [-0.25, -0.2) is 9.13 Å². The molecule has 0 aliphatic heterocycles. The van der Waals surface area contributed by atoms with E-state index in [4.69, 9.17) is 37.0 Å². The summed E-state index contributed by atoms with van der Waals surface area (Å²) in [5.41, 5.74) is 0. The van der Waals surface area contributed by atoms with Crippen molar-refractivity contribution in [3.63, 3.8) is 0 Å². The Kier molecular flexibility index (Phi) is 64.3. The van der Waals surface area contributed by atoms with Crippen LogP contribution >= 0.6 is 15.6 Å². The van der Waals surface area contributed by atoms with E-state index in [0.29, 0.717) is 25.7 Å². The van der Waals surface area contributed by atoms with Crippen LogP contribution in [-0.2, 0) is 65.4 Å². The van der Waals surface area contributed by atoms with Gasteiger partial charge >= 0.3 is 39.5 Å². The summed E-state index contributed by atoms with van der Waals surface area (Å²) in [7, 11) is -9.91. The summed E-state index contributed by atoms with van der Waals surface area (Å²) in [6.07, 6.45) is 51.5. The van der Waals surface area contributed by atoms with E-state index in [2.05, 4.69) is 48.5 Å². The van der Waals surface area contributed by atoms with Gasteiger partial charge in [0.05, 0.1) is 26.4 Å². The van der Waals surface area contributed by atoms with Crippen LogP contribution < -0.4 is 0 Å². The highest BCUT2D eigenvalue weighted by Gasteiger charge is 2.30. The molecular formula is C75H146O17P2. The topological polar surface area (TPSA) is 237 Å². The summed E-state index contributed by atoms with van der Waals surface area (Å²) < 4.78 is 68.4. The maximum atomic E-state index is 13.1. The Bertz CT molecular complexity index is 1840. The number of rotatable bonds is 73. The maximum Gasteiger partial charge on any atom is 0.472 e. The van der Waals surface area contributed by atoms with Gasteiger partial charge < -0.3 is 33.8 Å². The second-order valence-corrected chi connectivity index (χ2v) is 31.1. The SMILES string of the molecule is CCCCCCCCCCC(=O)OC[C@H](COP(=O)(O)OC[C@H](O)COP(=O)(O)OC[C@@H](COC(=O)CCCCCCCCCCCCCCCCC(C)C)OC(=O)CCCCCCCCCCCCCCCCCCC(C)C)OC(=O)CCCCCCCCC(C)CC. The number of aliphatic hydroxyl groups is 1. The van der Waals surface area contributed by atoms with E-state index in [1.165, 1.54) is 186 Å². The lowest BCUT2D eigenvalue weighted by atomic mass is 10.00. The van der Waals surface area contributed by atoms with Gasteiger partial charge in [-0.2, -0.15) is 0 Å². The monoisotopic (exact) mass is 1380 g/mol. The molecule has 3 unspecified atom stereocenters. The van der Waals surface area contributed by atoms with Gasteiger partial charge in [-0.1, -0.05) is 331 Å². The molecule has 0 fully saturated rings. The smallest absolute Gasteiger partial charge is 0.462 e. The van der Waals surface area contributed by atoms with Crippen LogP contribution in [0.5, 0.6) is 0 Å². The van der Waals surface area contributed by atoms with Crippen LogP contribution in [0.25, 0.3) is 0 Å². The highest BCUT2D eigenvalue weighted by molar-refractivity contribution is 7.47. The van der Waals surface area contributed by atoms with E-state index in [0.717, 1.165) is 114 Å². The lowest BCUT2D eigenvalue weighted by Crippen LogP contribution is -2.30. The Morgan fingerprint density at radius 2 is 0.543 bits per heavy atom. The van der Waals surface area contributed by atoms with Crippen molar-refractivity contribution in [2.24, 2.45) is 17.8 Å². The summed E-state index contributed by atoms with van der Waals surface area (Å²) in [5.74, 6) is 0.204. The molecule has 94 heavy (non-hydrogen) atoms. The van der Waals surface area contributed by atoms with Crippen molar-refractivity contribution in [2.75, 3.05) is 39.6 Å². The molecule has 0 bridgehead atoms. The molecule has 0 aliphatic rings. The number of carbonyl (C=O) groups excluding carboxylic acids is 4. The molecular weight excluding hydrogens is 1230 g/mol. The van der Waals surface area contributed by atoms with Crippen LogP contribution in [0, 0.1) is 17.8 Å². The van der Waals surface area contributed by atoms with Gasteiger partial charge in [-0.05, 0) is 43.4 Å². The number of unbranched alkanes of at least 4 members (excludes halogenated alkanes) is 40. The highest BCUT2D eigenvalue weighted by Crippen LogP contribution is 2.45. The molecule has 0 saturated carbocycles. The third-order valence-corrected chi connectivity index (χ3v) is 19.6. The molecule has 0 aliphatic carbocycles. The zero-order valence-electron chi connectivity index (χ0n) is 61.4. The Balaban J connectivity index is 5.20. The molecule has 0 aromatic carbocycles. The predicted molar refractivity (Wildman–Crippen MR) is 381 cm³/mol. The molecule has 17 nitrogen and oxygen atoms in total. The molecule has 558 valence electrons. The first-order chi connectivity index (χ1) is 45.3. The van der Waals surface area contributed by atoms with Crippen LogP contribution in [0.4, 0.5) is 0 Å². The van der Waals surface area contributed by atoms with Gasteiger partial charge in [0.1, 0.15) is 19.3 Å². The zero-order valence-corrected chi connectivity index (χ0v) is 63.2. The minimum absolute atomic E-state index is 0.103. The van der Waals surface area contributed by atoms with Crippen LogP contribution in [0.2, 0.25) is 0 Å². The lowest BCUT2D eigenvalue weighted by Gasteiger charge is -2.21. The Morgan fingerprint density at radius 3 is 0.809 bits per heavy atom. The van der Waals surface area contributed by atoms with E-state index in [1.807, 2.05) is 0 Å². The first-order valence-corrected chi connectivity index (χ1v) is 41.9. The van der Waals surface area contributed by atoms with Crippen LogP contribution in [0.15, 0.2) is 0 Å². The summed E-state index contributed by atoms with van der Waals surface area (Å²) in [4.78, 5) is 72.6. The Morgan fingerprint density at radius 1 is 0.309 bits per heavy atom. The summed E-state index contributed by atoms with van der Waals surface area (Å²) in [6, 6.07) is 0. The van der Waals surface area contributed by atoms with Gasteiger partial charge in [0.25, 0.3) is 0 Å². The second kappa shape index (κ2) is 65.7. The van der Waals surface area contributed by atoms with Gasteiger partial charge in [-0.15, -0.1) is 0 Å². The van der Waals surface area contributed by atoms with Crippen molar-refractivity contribution in [1.29, 1.82) is 0 Å². The Hall–Kier alpha value is -1.94. The number of hydrogen-bond acceptors (Lipinski definition) is 15. The predicted octanol–water partition coefficient (Wildman–Crippen LogP) is 21.8. The molecule has 0 spiro atoms. The van der Waals surface area contributed by atoms with Crippen LogP contribution in [0.1, 0.15) is 382 Å². The van der Waals surface area contributed by atoms with Crippen LogP contribution in [0.3, 0.4) is 0 Å². The molecule has 0 amide bonds.